The van der Waals surface area contributed by atoms with Crippen molar-refractivity contribution in [2.75, 3.05) is 34.4 Å². The fourth-order valence-electron chi connectivity index (χ4n) is 8.24. The van der Waals surface area contributed by atoms with Crippen molar-refractivity contribution >= 4 is 35.6 Å². The largest absolute Gasteiger partial charge is 0.497 e. The molecule has 3 rings (SSSR count). The number of carbonyl (C=O) groups excluding carboxylic acids is 6. The third-order valence-corrected chi connectivity index (χ3v) is 12.1. The lowest BCUT2D eigenvalue weighted by atomic mass is 9.90. The second kappa shape index (κ2) is 24.4. The summed E-state index contributed by atoms with van der Waals surface area (Å²) in [6.45, 7) is 15.2. The SMILES string of the molecule is CC[C@H](C)[C@H]1NC(=O)[C@@H](CC[C@@H](CC(C)C)NC)COC(=O)[C@H](Cc2ccc(OC)cc2)N(C)C(=O)[C@@H]2CCCN2C(=O)[C@H](CC(C)C)NC(=O)[C@H](C(C)C)OC(=O)C[C@@H]1O. The van der Waals surface area contributed by atoms with Gasteiger partial charge in [-0.3, -0.25) is 24.0 Å². The smallest absolute Gasteiger partial charge is 0.329 e. The molecule has 61 heavy (non-hydrogen) atoms. The maximum Gasteiger partial charge on any atom is 0.329 e. The molecule has 0 saturated carbocycles. The monoisotopic (exact) mass is 858 g/mol. The number of rotatable bonds is 14. The molecule has 0 unspecified atom stereocenters. The summed E-state index contributed by atoms with van der Waals surface area (Å²) in [6.07, 6.45) is 0.376. The Balaban J connectivity index is 2.14. The molecule has 1 aromatic carbocycles. The number of fused-ring (bicyclic) bond motifs is 1. The Kier molecular flexibility index (Phi) is 20.5. The van der Waals surface area contributed by atoms with Crippen LogP contribution in [0.1, 0.15) is 112 Å². The van der Waals surface area contributed by atoms with E-state index in [2.05, 4.69) is 29.8 Å². The molecule has 2 saturated heterocycles. The highest BCUT2D eigenvalue weighted by molar-refractivity contribution is 5.95. The Bertz CT molecular complexity index is 1600. The minimum atomic E-state index is -1.37. The standard InChI is InChI=1S/C46H75N5O10/c1-12-30(8)40-38(52)25-39(53)61-41(29(6)7)43(55)48-35(23-28(4)5)44(56)51-21-13-14-36(51)45(57)50(10)37(24-31-15-19-34(59-11)20-16-31)46(58)60-26-32(42(54)49-40)17-18-33(47-9)22-27(2)3/h15-16,19-20,27-30,32-33,35-38,40-41,47,52H,12-14,17-18,21-26H2,1-11H3,(H,48,55)(H,49,54)/t30-,32-,33-,35-,36-,37-,38-,40+,41-/m0/s1. The molecule has 0 bridgehead atoms. The number of methoxy groups -OCH3 is 1. The van der Waals surface area contributed by atoms with Crippen LogP contribution in [0, 0.1) is 29.6 Å². The topological polar surface area (TPSA) is 193 Å². The molecule has 15 heteroatoms. The summed E-state index contributed by atoms with van der Waals surface area (Å²) in [6, 6.07) is 3.25. The van der Waals surface area contributed by atoms with Gasteiger partial charge in [0.1, 0.15) is 30.5 Å². The second-order valence-electron chi connectivity index (χ2n) is 18.3. The normalized spacial score (nSPS) is 26.6. The number of nitrogens with one attached hydrogen (secondary N) is 3. The number of esters is 2. The minimum absolute atomic E-state index is 0.0298. The molecule has 344 valence electrons. The van der Waals surface area contributed by atoms with Gasteiger partial charge in [0, 0.05) is 26.1 Å². The van der Waals surface area contributed by atoms with Gasteiger partial charge in [0.05, 0.1) is 31.6 Å². The van der Waals surface area contributed by atoms with Crippen LogP contribution in [0.15, 0.2) is 24.3 Å². The van der Waals surface area contributed by atoms with Gasteiger partial charge in [-0.15, -0.1) is 0 Å². The Morgan fingerprint density at radius 2 is 1.61 bits per heavy atom. The van der Waals surface area contributed by atoms with E-state index in [0.717, 1.165) is 12.0 Å². The van der Waals surface area contributed by atoms with Crippen LogP contribution < -0.4 is 20.7 Å². The summed E-state index contributed by atoms with van der Waals surface area (Å²) < 4.78 is 17.1. The van der Waals surface area contributed by atoms with Gasteiger partial charge in [-0.2, -0.15) is 0 Å². The third kappa shape index (κ3) is 15.0. The fraction of sp³-hybridized carbons (Fsp3) is 0.739. The lowest BCUT2D eigenvalue weighted by Gasteiger charge is -2.34. The van der Waals surface area contributed by atoms with Gasteiger partial charge in [0.25, 0.3) is 5.91 Å². The van der Waals surface area contributed by atoms with E-state index < -0.39 is 90.2 Å². The molecule has 0 aromatic heterocycles. The van der Waals surface area contributed by atoms with E-state index in [1.807, 2.05) is 34.7 Å². The van der Waals surface area contributed by atoms with Gasteiger partial charge in [0.15, 0.2) is 6.10 Å². The van der Waals surface area contributed by atoms with E-state index in [1.165, 1.54) is 16.8 Å². The number of hydrogen-bond donors (Lipinski definition) is 4. The molecule has 15 nitrogen and oxygen atoms in total. The average Bonchev–Trinajstić information content (AvgIpc) is 3.71. The third-order valence-electron chi connectivity index (χ3n) is 12.1. The van der Waals surface area contributed by atoms with Crippen molar-refractivity contribution in [3.63, 3.8) is 0 Å². The zero-order chi connectivity index (χ0) is 45.6. The maximum atomic E-state index is 14.5. The van der Waals surface area contributed by atoms with E-state index in [9.17, 15) is 33.9 Å². The molecule has 0 radical (unpaired) electrons. The predicted octanol–water partition coefficient (Wildman–Crippen LogP) is 4.02. The van der Waals surface area contributed by atoms with Crippen molar-refractivity contribution in [2.24, 2.45) is 29.6 Å². The lowest BCUT2D eigenvalue weighted by molar-refractivity contribution is -0.161. The summed E-state index contributed by atoms with van der Waals surface area (Å²) in [7, 11) is 4.94. The number of aliphatic hydroxyl groups is 1. The molecule has 2 fully saturated rings. The molecule has 4 N–H and O–H groups in total. The number of amides is 4. The van der Waals surface area contributed by atoms with Crippen molar-refractivity contribution in [3.05, 3.63) is 29.8 Å². The molecular weight excluding hydrogens is 783 g/mol. The fourth-order valence-corrected chi connectivity index (χ4v) is 8.24. The zero-order valence-corrected chi connectivity index (χ0v) is 38.5. The highest BCUT2D eigenvalue weighted by Crippen LogP contribution is 2.26. The molecule has 0 spiro atoms. The molecule has 2 heterocycles. The van der Waals surface area contributed by atoms with Gasteiger partial charge >= 0.3 is 11.9 Å². The Morgan fingerprint density at radius 1 is 0.934 bits per heavy atom. The Labute approximate surface area is 363 Å². The van der Waals surface area contributed by atoms with Crippen LogP contribution >= 0.6 is 0 Å². The minimum Gasteiger partial charge on any atom is -0.497 e. The summed E-state index contributed by atoms with van der Waals surface area (Å²) in [5.41, 5.74) is 0.730. The van der Waals surface area contributed by atoms with Crippen molar-refractivity contribution < 1.29 is 48.1 Å². The van der Waals surface area contributed by atoms with Crippen LogP contribution in [-0.2, 0) is 44.7 Å². The molecule has 9 atom stereocenters. The molecule has 4 amide bonds. The number of likely N-dealkylation sites (N-methyl/N-ethyl adjacent to an activating group) is 1. The first kappa shape index (κ1) is 51.1. The summed E-state index contributed by atoms with van der Waals surface area (Å²) >= 11 is 0. The second-order valence-corrected chi connectivity index (χ2v) is 18.3. The molecule has 0 aliphatic carbocycles. The number of ether oxygens (including phenoxy) is 3. The number of carbonyl (C=O) groups is 6. The quantitative estimate of drug-likeness (QED) is 0.198. The molecular formula is C46H75N5O10. The summed E-state index contributed by atoms with van der Waals surface area (Å²) in [4.78, 5) is 87.8. The van der Waals surface area contributed by atoms with Crippen LogP contribution in [0.2, 0.25) is 0 Å². The number of cyclic esters (lactones) is 2. The maximum absolute atomic E-state index is 14.5. The van der Waals surface area contributed by atoms with Gasteiger partial charge in [-0.1, -0.05) is 73.9 Å². The first-order chi connectivity index (χ1) is 28.8. The van der Waals surface area contributed by atoms with E-state index in [1.54, 1.807) is 45.2 Å². The number of hydrogen-bond acceptors (Lipinski definition) is 11. The van der Waals surface area contributed by atoms with Gasteiger partial charge in [-0.05, 0) is 86.9 Å². The molecule has 2 aliphatic heterocycles. The van der Waals surface area contributed by atoms with Gasteiger partial charge in [0.2, 0.25) is 17.7 Å². The predicted molar refractivity (Wildman–Crippen MR) is 232 cm³/mol. The number of nitrogens with zero attached hydrogens (tertiary/aromatic N) is 2. The lowest BCUT2D eigenvalue weighted by Crippen LogP contribution is -2.57. The van der Waals surface area contributed by atoms with Crippen molar-refractivity contribution in [2.45, 2.75) is 156 Å². The highest BCUT2D eigenvalue weighted by Gasteiger charge is 2.43. The zero-order valence-electron chi connectivity index (χ0n) is 38.5. The van der Waals surface area contributed by atoms with Crippen LogP contribution in [0.3, 0.4) is 0 Å². The Hall–Kier alpha value is -4.24. The van der Waals surface area contributed by atoms with Gasteiger partial charge in [-0.25, -0.2) is 4.79 Å². The van der Waals surface area contributed by atoms with Crippen LogP contribution in [0.4, 0.5) is 0 Å². The van der Waals surface area contributed by atoms with Crippen molar-refractivity contribution in [1.29, 1.82) is 0 Å². The van der Waals surface area contributed by atoms with Gasteiger partial charge < -0.3 is 45.1 Å². The van der Waals surface area contributed by atoms with Crippen molar-refractivity contribution in [3.8, 4) is 5.75 Å². The van der Waals surface area contributed by atoms with Crippen molar-refractivity contribution in [1.82, 2.24) is 25.8 Å². The van der Waals surface area contributed by atoms with E-state index in [4.69, 9.17) is 14.2 Å². The van der Waals surface area contributed by atoms with Crippen LogP contribution in [0.25, 0.3) is 0 Å². The first-order valence-corrected chi connectivity index (χ1v) is 22.3. The van der Waals surface area contributed by atoms with Crippen LogP contribution in [-0.4, -0.2) is 127 Å². The Morgan fingerprint density at radius 3 is 2.18 bits per heavy atom. The highest BCUT2D eigenvalue weighted by atomic mass is 16.6. The summed E-state index contributed by atoms with van der Waals surface area (Å²) in [5, 5.41) is 20.7. The average molecular weight is 858 g/mol. The van der Waals surface area contributed by atoms with E-state index in [-0.39, 0.29) is 43.9 Å². The molecule has 1 aromatic rings. The van der Waals surface area contributed by atoms with E-state index >= 15 is 0 Å². The van der Waals surface area contributed by atoms with E-state index in [0.29, 0.717) is 43.8 Å². The number of benzene rings is 1. The summed E-state index contributed by atoms with van der Waals surface area (Å²) in [5.74, 6) is -4.23. The van der Waals surface area contributed by atoms with Crippen LogP contribution in [0.5, 0.6) is 5.75 Å². The first-order valence-electron chi connectivity index (χ1n) is 22.3. The molecule has 2 aliphatic rings. The number of aliphatic hydroxyl groups excluding tert-OH is 1.